The van der Waals surface area contributed by atoms with E-state index in [0.717, 1.165) is 46.4 Å². The van der Waals surface area contributed by atoms with Gasteiger partial charge in [-0.2, -0.15) is 0 Å². The number of para-hydroxylation sites is 1. The average Bonchev–Trinajstić information content (AvgIpc) is 2.83. The highest BCUT2D eigenvalue weighted by Gasteiger charge is 2.39. The van der Waals surface area contributed by atoms with Crippen molar-refractivity contribution in [1.82, 2.24) is 0 Å². The summed E-state index contributed by atoms with van der Waals surface area (Å²) in [6.45, 7) is 0. The van der Waals surface area contributed by atoms with Crippen LogP contribution in [0.4, 0.5) is 0 Å². The number of benzene rings is 3. The van der Waals surface area contributed by atoms with Crippen LogP contribution in [-0.4, -0.2) is 12.3 Å². The zero-order valence-electron chi connectivity index (χ0n) is 17.0. The van der Waals surface area contributed by atoms with Crippen molar-refractivity contribution >= 4 is 31.7 Å². The Bertz CT molecular complexity index is 1290. The highest BCUT2D eigenvalue weighted by Crippen LogP contribution is 2.58. The van der Waals surface area contributed by atoms with Crippen molar-refractivity contribution in [3.63, 3.8) is 0 Å². The molecule has 0 radical (unpaired) electrons. The third kappa shape index (κ3) is 3.19. The maximum Gasteiger partial charge on any atom is 0.278 e. The molecule has 2 aliphatic heterocycles. The van der Waals surface area contributed by atoms with Crippen LogP contribution in [0.2, 0.25) is 0 Å². The molecule has 3 aliphatic rings. The summed E-state index contributed by atoms with van der Waals surface area (Å²) in [5.74, 6) is 1.70. The maximum atomic E-state index is 14.2. The molecule has 3 nitrogen and oxygen atoms in total. The maximum absolute atomic E-state index is 14.2. The van der Waals surface area contributed by atoms with Gasteiger partial charge in [-0.15, -0.1) is 0 Å². The van der Waals surface area contributed by atoms with Crippen molar-refractivity contribution in [2.75, 3.05) is 12.3 Å². The van der Waals surface area contributed by atoms with Crippen LogP contribution >= 0.6 is 15.5 Å². The van der Waals surface area contributed by atoms with E-state index in [0.29, 0.717) is 12.3 Å². The molecule has 1 aliphatic carbocycles. The van der Waals surface area contributed by atoms with Crippen LogP contribution in [0.15, 0.2) is 90.7 Å². The molecule has 31 heavy (non-hydrogen) atoms. The van der Waals surface area contributed by atoms with Gasteiger partial charge in [0.25, 0.3) is 7.37 Å². The predicted molar refractivity (Wildman–Crippen MR) is 129 cm³/mol. The van der Waals surface area contributed by atoms with Gasteiger partial charge in [-0.05, 0) is 42.2 Å². The summed E-state index contributed by atoms with van der Waals surface area (Å²) in [5, 5.41) is 2.06. The summed E-state index contributed by atoms with van der Waals surface area (Å²) in [4.78, 5) is 0. The lowest BCUT2D eigenvalue weighted by Crippen LogP contribution is -2.24. The number of hydrogen-bond acceptors (Lipinski definition) is 3. The molecule has 2 atom stereocenters. The SMILES string of the molecule is O=P1(CCP2Oc3ccccc3-c3ccccc32)OC2=CCCC=C2c2ccccc21. The fraction of sp³-hybridized carbons (Fsp3) is 0.154. The molecule has 2 unspecified atom stereocenters. The quantitative estimate of drug-likeness (QED) is 0.435. The van der Waals surface area contributed by atoms with E-state index in [1.165, 1.54) is 10.9 Å². The third-order valence-electron chi connectivity index (χ3n) is 6.07. The first-order valence-electron chi connectivity index (χ1n) is 10.7. The van der Waals surface area contributed by atoms with Crippen LogP contribution in [0, 0.1) is 0 Å². The molecule has 0 amide bonds. The minimum absolute atomic E-state index is 0.469. The first-order chi connectivity index (χ1) is 15.2. The molecule has 0 N–H and O–H groups in total. The molecule has 0 saturated heterocycles. The number of fused-ring (bicyclic) bond motifs is 6. The van der Waals surface area contributed by atoms with Crippen LogP contribution in [0.5, 0.6) is 5.75 Å². The minimum Gasteiger partial charge on any atom is -0.469 e. The van der Waals surface area contributed by atoms with Gasteiger partial charge in [-0.3, -0.25) is 4.57 Å². The summed E-state index contributed by atoms with van der Waals surface area (Å²) in [6, 6.07) is 24.6. The first-order valence-corrected chi connectivity index (χ1v) is 13.9. The zero-order chi connectivity index (χ0) is 20.8. The molecular formula is C26H22O3P2. The van der Waals surface area contributed by atoms with Crippen molar-refractivity contribution in [3.8, 4) is 16.9 Å². The molecule has 0 spiro atoms. The number of rotatable bonds is 3. The molecule has 3 aromatic carbocycles. The Labute approximate surface area is 183 Å². The van der Waals surface area contributed by atoms with E-state index >= 15 is 0 Å². The van der Waals surface area contributed by atoms with Gasteiger partial charge in [-0.1, -0.05) is 66.7 Å². The lowest BCUT2D eigenvalue weighted by Gasteiger charge is -2.33. The first kappa shape index (κ1) is 19.1. The molecule has 2 heterocycles. The summed E-state index contributed by atoms with van der Waals surface area (Å²) in [6.07, 6.45) is 7.39. The van der Waals surface area contributed by atoms with Crippen LogP contribution in [0.1, 0.15) is 18.4 Å². The smallest absolute Gasteiger partial charge is 0.278 e. The standard InChI is InChI=1S/C26H22O3P2/c27-31(26-16-8-4-12-22(26)20-10-2-6-14-24(20)29-31)18-17-30-25-15-7-3-11-21(25)19-9-1-5-13-23(19)28-30/h1,3-5,7-16H,2,6,17-18H2. The molecule has 0 aromatic heterocycles. The molecule has 0 bridgehead atoms. The summed E-state index contributed by atoms with van der Waals surface area (Å²) in [5.41, 5.74) is 4.50. The molecule has 6 rings (SSSR count). The Morgan fingerprint density at radius 2 is 1.52 bits per heavy atom. The van der Waals surface area contributed by atoms with E-state index in [9.17, 15) is 4.57 Å². The van der Waals surface area contributed by atoms with Crippen LogP contribution in [0.3, 0.4) is 0 Å². The highest BCUT2D eigenvalue weighted by atomic mass is 31.2. The molecular weight excluding hydrogens is 422 g/mol. The lowest BCUT2D eigenvalue weighted by atomic mass is 9.98. The van der Waals surface area contributed by atoms with Crippen LogP contribution < -0.4 is 15.1 Å². The predicted octanol–water partition coefficient (Wildman–Crippen LogP) is 6.46. The van der Waals surface area contributed by atoms with E-state index in [4.69, 9.17) is 9.05 Å². The van der Waals surface area contributed by atoms with Crippen LogP contribution in [-0.2, 0) is 9.09 Å². The molecule has 0 saturated carbocycles. The fourth-order valence-electron chi connectivity index (χ4n) is 4.60. The van der Waals surface area contributed by atoms with Gasteiger partial charge in [0, 0.05) is 28.8 Å². The summed E-state index contributed by atoms with van der Waals surface area (Å²) in [7, 11) is -3.95. The summed E-state index contributed by atoms with van der Waals surface area (Å²) >= 11 is 0. The normalized spacial score (nSPS) is 23.0. The van der Waals surface area contributed by atoms with Crippen molar-refractivity contribution in [2.45, 2.75) is 12.8 Å². The Morgan fingerprint density at radius 3 is 2.42 bits per heavy atom. The van der Waals surface area contributed by atoms with E-state index < -0.39 is 15.5 Å². The van der Waals surface area contributed by atoms with Crippen molar-refractivity contribution in [2.24, 2.45) is 0 Å². The van der Waals surface area contributed by atoms with Gasteiger partial charge in [0.05, 0.1) is 5.30 Å². The lowest BCUT2D eigenvalue weighted by molar-refractivity contribution is 0.423. The second kappa shape index (κ2) is 7.52. The molecule has 154 valence electrons. The largest absolute Gasteiger partial charge is 0.469 e. The molecule has 3 aromatic rings. The second-order valence-corrected chi connectivity index (χ2v) is 12.3. The Hall–Kier alpha value is -2.60. The fourth-order valence-corrected chi connectivity index (χ4v) is 9.72. The monoisotopic (exact) mass is 444 g/mol. The topological polar surface area (TPSA) is 35.5 Å². The van der Waals surface area contributed by atoms with Gasteiger partial charge in [0.15, 0.2) is 0 Å². The van der Waals surface area contributed by atoms with Crippen molar-refractivity contribution in [3.05, 3.63) is 96.3 Å². The Kier molecular flexibility index (Phi) is 4.64. The minimum atomic E-state index is -3.03. The van der Waals surface area contributed by atoms with Gasteiger partial charge in [0.1, 0.15) is 19.7 Å². The third-order valence-corrected chi connectivity index (χ3v) is 10.8. The highest BCUT2D eigenvalue weighted by molar-refractivity contribution is 7.69. The number of hydrogen-bond donors (Lipinski definition) is 0. The van der Waals surface area contributed by atoms with Gasteiger partial charge < -0.3 is 9.05 Å². The van der Waals surface area contributed by atoms with Gasteiger partial charge >= 0.3 is 0 Å². The van der Waals surface area contributed by atoms with Crippen LogP contribution in [0.25, 0.3) is 16.7 Å². The van der Waals surface area contributed by atoms with Gasteiger partial charge in [0.2, 0.25) is 0 Å². The second-order valence-electron chi connectivity index (χ2n) is 7.98. The Morgan fingerprint density at radius 1 is 0.806 bits per heavy atom. The summed E-state index contributed by atoms with van der Waals surface area (Å²) < 4.78 is 26.9. The van der Waals surface area contributed by atoms with E-state index in [-0.39, 0.29) is 0 Å². The Balaban J connectivity index is 1.35. The zero-order valence-corrected chi connectivity index (χ0v) is 18.8. The van der Waals surface area contributed by atoms with E-state index in [2.05, 4.69) is 48.6 Å². The molecule has 0 fully saturated rings. The van der Waals surface area contributed by atoms with Crippen molar-refractivity contribution < 1.29 is 13.6 Å². The van der Waals surface area contributed by atoms with Gasteiger partial charge in [-0.25, -0.2) is 0 Å². The van der Waals surface area contributed by atoms with E-state index in [1.807, 2.05) is 36.4 Å². The number of allylic oxidation sites excluding steroid dienone is 3. The average molecular weight is 444 g/mol. The van der Waals surface area contributed by atoms with Crippen molar-refractivity contribution in [1.29, 1.82) is 0 Å². The molecule has 5 heteroatoms. The van der Waals surface area contributed by atoms with E-state index in [1.54, 1.807) is 0 Å².